The van der Waals surface area contributed by atoms with Crippen LogP contribution in [-0.2, 0) is 6.18 Å². The number of rotatable bonds is 4. The van der Waals surface area contributed by atoms with Gasteiger partial charge in [-0.25, -0.2) is 14.8 Å². The van der Waals surface area contributed by atoms with Gasteiger partial charge in [0, 0.05) is 23.6 Å². The molecule has 0 bridgehead atoms. The largest absolute Gasteiger partial charge is 0.455 e. The highest BCUT2D eigenvalue weighted by Gasteiger charge is 2.33. The van der Waals surface area contributed by atoms with E-state index >= 15 is 0 Å². The number of nitrogen functional groups attached to an aromatic ring is 1. The third kappa shape index (κ3) is 5.02. The van der Waals surface area contributed by atoms with Crippen molar-refractivity contribution in [3.63, 3.8) is 0 Å². The minimum Gasteiger partial charge on any atom is -0.455 e. The van der Waals surface area contributed by atoms with Gasteiger partial charge in [-0.15, -0.1) is 0 Å². The van der Waals surface area contributed by atoms with Gasteiger partial charge >= 0.3 is 12.2 Å². The highest BCUT2D eigenvalue weighted by molar-refractivity contribution is 6.31. The molecule has 0 fully saturated rings. The van der Waals surface area contributed by atoms with Crippen LogP contribution in [0.2, 0.25) is 5.02 Å². The second kappa shape index (κ2) is 8.90. The molecule has 0 saturated heterocycles. The number of pyridine rings is 1. The number of amides is 2. The minimum absolute atomic E-state index is 0.0800. The number of hydrogen-bond acceptors (Lipinski definition) is 6. The number of H-pyrrole nitrogens is 1. The molecule has 0 saturated carbocycles. The smallest absolute Gasteiger partial charge is 0.417 e. The molecule has 34 heavy (non-hydrogen) atoms. The number of urea groups is 1. The first-order chi connectivity index (χ1) is 16.1. The van der Waals surface area contributed by atoms with Crippen molar-refractivity contribution < 1.29 is 22.7 Å². The predicted molar refractivity (Wildman–Crippen MR) is 120 cm³/mol. The molecule has 13 heteroatoms. The summed E-state index contributed by atoms with van der Waals surface area (Å²) in [5.74, 6) is 0.422. The fourth-order valence-corrected chi connectivity index (χ4v) is 3.13. The summed E-state index contributed by atoms with van der Waals surface area (Å²) >= 11 is 5.58. The maximum Gasteiger partial charge on any atom is 0.417 e. The monoisotopic (exact) mass is 490 g/mol. The number of benzene rings is 2. The van der Waals surface area contributed by atoms with Crippen molar-refractivity contribution in [2.24, 2.45) is 0 Å². The fraction of sp³-hybridized carbons (Fsp3) is 0.0476. The Morgan fingerprint density at radius 2 is 1.74 bits per heavy atom. The zero-order valence-electron chi connectivity index (χ0n) is 16.9. The summed E-state index contributed by atoms with van der Waals surface area (Å²) in [7, 11) is 0. The quantitative estimate of drug-likeness (QED) is 0.317. The van der Waals surface area contributed by atoms with Gasteiger partial charge < -0.3 is 26.1 Å². The highest BCUT2D eigenvalue weighted by atomic mass is 35.5. The molecule has 2 aromatic heterocycles. The number of carbonyl (C=O) groups excluding carboxylic acids is 1. The molecule has 4 rings (SSSR count). The lowest BCUT2D eigenvalue weighted by atomic mass is 10.2. The molecule has 9 nitrogen and oxygen atoms in total. The summed E-state index contributed by atoms with van der Waals surface area (Å²) in [6, 6.07) is 9.94. The van der Waals surface area contributed by atoms with Gasteiger partial charge in [0.1, 0.15) is 5.75 Å². The SMILES string of the molecule is Nc1nc2c(Oc3ccc(NC(=O)Nc4ccc(Cl)c(C(F)(F)F)c4)cc3)ccnc2[nH]c1=O. The first-order valence-electron chi connectivity index (χ1n) is 9.47. The molecular weight excluding hydrogens is 477 g/mol. The van der Waals surface area contributed by atoms with E-state index in [0.29, 0.717) is 11.4 Å². The zero-order chi connectivity index (χ0) is 24.5. The van der Waals surface area contributed by atoms with Crippen LogP contribution < -0.4 is 26.7 Å². The van der Waals surface area contributed by atoms with Crippen LogP contribution in [0.5, 0.6) is 11.5 Å². The Kier molecular flexibility index (Phi) is 5.99. The summed E-state index contributed by atoms with van der Waals surface area (Å²) in [4.78, 5) is 34.3. The van der Waals surface area contributed by atoms with Crippen LogP contribution in [-0.4, -0.2) is 21.0 Å². The summed E-state index contributed by atoms with van der Waals surface area (Å²) < 4.78 is 44.7. The first-order valence-corrected chi connectivity index (χ1v) is 9.85. The Balaban J connectivity index is 1.45. The number of aromatic amines is 1. The summed E-state index contributed by atoms with van der Waals surface area (Å²) in [6.45, 7) is 0. The van der Waals surface area contributed by atoms with Gasteiger partial charge in [0.15, 0.2) is 22.7 Å². The molecule has 0 atom stereocenters. The molecule has 0 aliphatic heterocycles. The molecular formula is C21H14ClF3N6O3. The molecule has 0 aliphatic carbocycles. The van der Waals surface area contributed by atoms with Crippen molar-refractivity contribution in [1.82, 2.24) is 15.0 Å². The van der Waals surface area contributed by atoms with Gasteiger partial charge in [-0.05, 0) is 42.5 Å². The molecule has 4 aromatic rings. The highest BCUT2D eigenvalue weighted by Crippen LogP contribution is 2.36. The average molecular weight is 491 g/mol. The lowest BCUT2D eigenvalue weighted by molar-refractivity contribution is -0.137. The van der Waals surface area contributed by atoms with E-state index in [4.69, 9.17) is 22.1 Å². The Morgan fingerprint density at radius 1 is 1.06 bits per heavy atom. The van der Waals surface area contributed by atoms with E-state index < -0.39 is 28.4 Å². The zero-order valence-corrected chi connectivity index (χ0v) is 17.7. The van der Waals surface area contributed by atoms with E-state index in [1.54, 1.807) is 12.1 Å². The van der Waals surface area contributed by atoms with Crippen molar-refractivity contribution in [1.29, 1.82) is 0 Å². The fourth-order valence-electron chi connectivity index (χ4n) is 2.91. The number of nitrogens with one attached hydrogen (secondary N) is 3. The van der Waals surface area contributed by atoms with Crippen LogP contribution in [0, 0.1) is 0 Å². The van der Waals surface area contributed by atoms with E-state index in [1.807, 2.05) is 0 Å². The number of alkyl halides is 3. The molecule has 0 aliphatic rings. The summed E-state index contributed by atoms with van der Waals surface area (Å²) in [5, 5.41) is 4.35. The number of nitrogens with zero attached hydrogens (tertiary/aromatic N) is 2. The van der Waals surface area contributed by atoms with Crippen LogP contribution in [0.25, 0.3) is 11.2 Å². The van der Waals surface area contributed by atoms with Crippen molar-refractivity contribution >= 4 is 46.0 Å². The van der Waals surface area contributed by atoms with E-state index in [0.717, 1.165) is 12.1 Å². The number of nitrogens with two attached hydrogens (primary N) is 1. The molecule has 174 valence electrons. The standard InChI is InChI=1S/C21H14ClF3N6O3/c22-14-6-3-11(9-13(14)21(23,24)25)29-20(33)28-10-1-4-12(5-2-10)34-15-7-8-27-18-16(15)30-17(26)19(32)31-18/h1-9H,(H2,26,30)(H,27,31,32)(H2,28,29,33). The van der Waals surface area contributed by atoms with Gasteiger partial charge in [-0.2, -0.15) is 13.2 Å². The van der Waals surface area contributed by atoms with Crippen LogP contribution in [0.4, 0.5) is 35.2 Å². The maximum atomic E-state index is 13.0. The Labute approximate surface area is 193 Å². The van der Waals surface area contributed by atoms with Crippen molar-refractivity contribution in [3.8, 4) is 11.5 Å². The Bertz CT molecular complexity index is 1440. The first kappa shape index (κ1) is 22.9. The lowest BCUT2D eigenvalue weighted by Crippen LogP contribution is -2.19. The van der Waals surface area contributed by atoms with Crippen molar-refractivity contribution in [3.05, 3.63) is 75.7 Å². The summed E-state index contributed by atoms with van der Waals surface area (Å²) in [5.41, 5.74) is 4.65. The topological polar surface area (TPSA) is 135 Å². The summed E-state index contributed by atoms with van der Waals surface area (Å²) in [6.07, 6.45) is -3.23. The number of anilines is 3. The Hall–Kier alpha value is -4.32. The van der Waals surface area contributed by atoms with Crippen LogP contribution >= 0.6 is 11.6 Å². The number of aromatic nitrogens is 3. The Morgan fingerprint density at radius 3 is 2.44 bits per heavy atom. The van der Waals surface area contributed by atoms with Gasteiger partial charge in [0.05, 0.1) is 10.6 Å². The predicted octanol–water partition coefficient (Wildman–Crippen LogP) is 5.01. The van der Waals surface area contributed by atoms with Crippen molar-refractivity contribution in [2.75, 3.05) is 16.4 Å². The average Bonchev–Trinajstić information content (AvgIpc) is 2.77. The van der Waals surface area contributed by atoms with Gasteiger partial charge in [0.25, 0.3) is 5.56 Å². The molecule has 0 spiro atoms. The van der Waals surface area contributed by atoms with Gasteiger partial charge in [0.2, 0.25) is 0 Å². The minimum atomic E-state index is -4.65. The van der Waals surface area contributed by atoms with E-state index in [1.165, 1.54) is 30.5 Å². The number of ether oxygens (including phenoxy) is 1. The molecule has 0 radical (unpaired) electrons. The second-order valence-corrected chi connectivity index (χ2v) is 7.26. The van der Waals surface area contributed by atoms with Crippen molar-refractivity contribution in [2.45, 2.75) is 6.18 Å². The number of fused-ring (bicyclic) bond motifs is 1. The van der Waals surface area contributed by atoms with Gasteiger partial charge in [-0.1, -0.05) is 11.6 Å². The van der Waals surface area contributed by atoms with E-state index in [-0.39, 0.29) is 28.4 Å². The molecule has 2 aromatic carbocycles. The van der Waals surface area contributed by atoms with Crippen LogP contribution in [0.15, 0.2) is 59.5 Å². The lowest BCUT2D eigenvalue weighted by Gasteiger charge is -2.13. The second-order valence-electron chi connectivity index (χ2n) is 6.86. The number of halogens is 4. The number of carbonyl (C=O) groups is 1. The van der Waals surface area contributed by atoms with E-state index in [2.05, 4.69) is 25.6 Å². The maximum absolute atomic E-state index is 13.0. The molecule has 2 heterocycles. The molecule has 0 unspecified atom stereocenters. The third-order valence-corrected chi connectivity index (χ3v) is 4.78. The van der Waals surface area contributed by atoms with Crippen LogP contribution in [0.1, 0.15) is 5.56 Å². The van der Waals surface area contributed by atoms with Crippen LogP contribution in [0.3, 0.4) is 0 Å². The molecule has 2 amide bonds. The van der Waals surface area contributed by atoms with Gasteiger partial charge in [-0.3, -0.25) is 4.79 Å². The number of hydrogen-bond donors (Lipinski definition) is 4. The van der Waals surface area contributed by atoms with E-state index in [9.17, 15) is 22.8 Å². The third-order valence-electron chi connectivity index (χ3n) is 4.45. The normalized spacial score (nSPS) is 11.3. The molecule has 5 N–H and O–H groups in total.